The van der Waals surface area contributed by atoms with E-state index < -0.39 is 17.7 Å². The number of benzene rings is 2. The molecule has 3 rings (SSSR count). The molecule has 0 saturated carbocycles. The van der Waals surface area contributed by atoms with Crippen LogP contribution in [0.3, 0.4) is 0 Å². The minimum absolute atomic E-state index is 0.216. The summed E-state index contributed by atoms with van der Waals surface area (Å²) in [6, 6.07) is 16.0. The van der Waals surface area contributed by atoms with Gasteiger partial charge < -0.3 is 10.1 Å². The largest absolute Gasteiger partial charge is 0.444 e. The zero-order valence-electron chi connectivity index (χ0n) is 17.0. The van der Waals surface area contributed by atoms with E-state index in [2.05, 4.69) is 15.5 Å². The van der Waals surface area contributed by atoms with Gasteiger partial charge in [-0.2, -0.15) is 10.2 Å². The summed E-state index contributed by atoms with van der Waals surface area (Å²) in [5.74, 6) is -0.216. The number of amides is 2. The summed E-state index contributed by atoms with van der Waals surface area (Å²) < 4.78 is 5.42. The number of likely N-dealkylation sites (tertiary alicyclic amines) is 1. The van der Waals surface area contributed by atoms with Crippen LogP contribution in [-0.4, -0.2) is 35.1 Å². The van der Waals surface area contributed by atoms with Crippen molar-refractivity contribution >= 4 is 29.1 Å². The van der Waals surface area contributed by atoms with Crippen LogP contribution in [0.5, 0.6) is 0 Å². The van der Waals surface area contributed by atoms with Gasteiger partial charge in [0.15, 0.2) is 0 Å². The van der Waals surface area contributed by atoms with E-state index in [9.17, 15) is 9.59 Å². The van der Waals surface area contributed by atoms with E-state index in [1.54, 1.807) is 24.3 Å². The van der Waals surface area contributed by atoms with Gasteiger partial charge in [0.05, 0.1) is 11.4 Å². The van der Waals surface area contributed by atoms with Gasteiger partial charge in [-0.1, -0.05) is 18.2 Å². The van der Waals surface area contributed by atoms with E-state index in [1.807, 2.05) is 51.1 Å². The first-order valence-electron chi connectivity index (χ1n) is 9.69. The third-order valence-corrected chi connectivity index (χ3v) is 4.36. The molecular formula is C22H26N4O3. The summed E-state index contributed by atoms with van der Waals surface area (Å²) in [5, 5.41) is 11.2. The lowest BCUT2D eigenvalue weighted by atomic mass is 10.2. The van der Waals surface area contributed by atoms with Crippen LogP contribution in [0.25, 0.3) is 0 Å². The van der Waals surface area contributed by atoms with Crippen molar-refractivity contribution in [3.05, 3.63) is 54.6 Å². The average molecular weight is 394 g/mol. The molecule has 0 radical (unpaired) electrons. The number of hydrogen-bond donors (Lipinski definition) is 1. The summed E-state index contributed by atoms with van der Waals surface area (Å²) in [7, 11) is 0. The van der Waals surface area contributed by atoms with Gasteiger partial charge in [0.25, 0.3) is 0 Å². The molecule has 1 atom stereocenters. The molecule has 1 aliphatic heterocycles. The van der Waals surface area contributed by atoms with Crippen molar-refractivity contribution in [1.82, 2.24) is 4.90 Å². The minimum Gasteiger partial charge on any atom is -0.444 e. The van der Waals surface area contributed by atoms with Gasteiger partial charge in [-0.05, 0) is 70.0 Å². The van der Waals surface area contributed by atoms with E-state index in [0.717, 1.165) is 12.1 Å². The van der Waals surface area contributed by atoms with Crippen LogP contribution >= 0.6 is 0 Å². The molecule has 1 heterocycles. The fraction of sp³-hybridized carbons (Fsp3) is 0.364. The Labute approximate surface area is 170 Å². The molecule has 0 unspecified atom stereocenters. The summed E-state index contributed by atoms with van der Waals surface area (Å²) in [4.78, 5) is 26.6. The van der Waals surface area contributed by atoms with Gasteiger partial charge >= 0.3 is 6.09 Å². The molecule has 0 bridgehead atoms. The molecule has 1 aliphatic rings. The number of rotatable bonds is 4. The minimum atomic E-state index is -0.592. The van der Waals surface area contributed by atoms with E-state index in [-0.39, 0.29) is 5.91 Å². The van der Waals surface area contributed by atoms with Crippen LogP contribution in [0, 0.1) is 0 Å². The summed E-state index contributed by atoms with van der Waals surface area (Å²) in [6.45, 7) is 5.96. The first-order valence-corrected chi connectivity index (χ1v) is 9.69. The van der Waals surface area contributed by atoms with Gasteiger partial charge in [0.2, 0.25) is 5.91 Å². The third-order valence-electron chi connectivity index (χ3n) is 4.36. The highest BCUT2D eigenvalue weighted by Gasteiger charge is 2.36. The number of hydrogen-bond acceptors (Lipinski definition) is 5. The smallest absolute Gasteiger partial charge is 0.410 e. The monoisotopic (exact) mass is 394 g/mol. The lowest BCUT2D eigenvalue weighted by molar-refractivity contribution is -0.120. The lowest BCUT2D eigenvalue weighted by Crippen LogP contribution is -2.45. The Kier molecular flexibility index (Phi) is 6.26. The van der Waals surface area contributed by atoms with Crippen LogP contribution in [0.2, 0.25) is 0 Å². The molecule has 0 aliphatic carbocycles. The molecule has 1 fully saturated rings. The van der Waals surface area contributed by atoms with Crippen LogP contribution < -0.4 is 5.32 Å². The summed E-state index contributed by atoms with van der Waals surface area (Å²) >= 11 is 0. The van der Waals surface area contributed by atoms with Crippen LogP contribution in [-0.2, 0) is 9.53 Å². The quantitative estimate of drug-likeness (QED) is 0.701. The first kappa shape index (κ1) is 20.5. The van der Waals surface area contributed by atoms with Crippen molar-refractivity contribution in [2.45, 2.75) is 45.3 Å². The second kappa shape index (κ2) is 8.86. The molecule has 152 valence electrons. The topological polar surface area (TPSA) is 83.4 Å². The molecule has 2 aromatic rings. The normalized spacial score (nSPS) is 16.8. The number of nitrogens with zero attached hydrogens (tertiary/aromatic N) is 3. The molecule has 7 heteroatoms. The SMILES string of the molecule is CC(C)(C)OC(=O)N1CCC[C@@H]1C(=O)Nc1ccc(N=Nc2ccccc2)cc1. The predicted octanol–water partition coefficient (Wildman–Crippen LogP) is 5.44. The van der Waals surface area contributed by atoms with E-state index >= 15 is 0 Å². The number of carbonyl (C=O) groups excluding carboxylic acids is 2. The van der Waals surface area contributed by atoms with Crippen LogP contribution in [0.1, 0.15) is 33.6 Å². The highest BCUT2D eigenvalue weighted by atomic mass is 16.6. The van der Waals surface area contributed by atoms with Crippen molar-refractivity contribution in [3.8, 4) is 0 Å². The van der Waals surface area contributed by atoms with Crippen molar-refractivity contribution < 1.29 is 14.3 Å². The Morgan fingerprint density at radius 1 is 1.00 bits per heavy atom. The van der Waals surface area contributed by atoms with Crippen molar-refractivity contribution in [1.29, 1.82) is 0 Å². The van der Waals surface area contributed by atoms with Crippen molar-refractivity contribution in [2.24, 2.45) is 10.2 Å². The number of anilines is 1. The predicted molar refractivity (Wildman–Crippen MR) is 112 cm³/mol. The number of nitrogens with one attached hydrogen (secondary N) is 1. The zero-order chi connectivity index (χ0) is 20.9. The van der Waals surface area contributed by atoms with Gasteiger partial charge in [-0.3, -0.25) is 9.69 Å². The van der Waals surface area contributed by atoms with Crippen molar-refractivity contribution in [3.63, 3.8) is 0 Å². The second-order valence-electron chi connectivity index (χ2n) is 7.90. The molecule has 0 spiro atoms. The molecule has 2 aromatic carbocycles. The lowest BCUT2D eigenvalue weighted by Gasteiger charge is -2.28. The maximum atomic E-state index is 12.7. The maximum Gasteiger partial charge on any atom is 0.410 e. The molecule has 1 N–H and O–H groups in total. The Morgan fingerprint density at radius 2 is 1.62 bits per heavy atom. The summed E-state index contributed by atoms with van der Waals surface area (Å²) in [5.41, 5.74) is 1.51. The maximum absolute atomic E-state index is 12.7. The van der Waals surface area contributed by atoms with Gasteiger partial charge in [-0.15, -0.1) is 0 Å². The van der Waals surface area contributed by atoms with E-state index in [0.29, 0.717) is 24.3 Å². The molecular weight excluding hydrogens is 368 g/mol. The standard InChI is InChI=1S/C22H26N4O3/c1-22(2,3)29-21(28)26-15-7-10-19(26)20(27)23-16-11-13-18(14-12-16)25-24-17-8-5-4-6-9-17/h4-6,8-9,11-14,19H,7,10,15H2,1-3H3,(H,23,27)/t19-/m1/s1. The fourth-order valence-electron chi connectivity index (χ4n) is 3.03. The average Bonchev–Trinajstić information content (AvgIpc) is 3.17. The molecule has 29 heavy (non-hydrogen) atoms. The van der Waals surface area contributed by atoms with Crippen molar-refractivity contribution in [2.75, 3.05) is 11.9 Å². The Morgan fingerprint density at radius 3 is 2.24 bits per heavy atom. The molecule has 0 aromatic heterocycles. The van der Waals surface area contributed by atoms with Gasteiger partial charge in [-0.25, -0.2) is 4.79 Å². The molecule has 1 saturated heterocycles. The van der Waals surface area contributed by atoms with Gasteiger partial charge in [0, 0.05) is 12.2 Å². The van der Waals surface area contributed by atoms with Crippen LogP contribution in [0.15, 0.2) is 64.8 Å². The number of azo groups is 1. The first-order chi connectivity index (χ1) is 13.8. The molecule has 2 amide bonds. The third kappa shape index (κ3) is 5.88. The van der Waals surface area contributed by atoms with Gasteiger partial charge in [0.1, 0.15) is 11.6 Å². The second-order valence-corrected chi connectivity index (χ2v) is 7.90. The highest BCUT2D eigenvalue weighted by Crippen LogP contribution is 2.24. The number of carbonyl (C=O) groups is 2. The highest BCUT2D eigenvalue weighted by molar-refractivity contribution is 5.97. The number of ether oxygens (including phenoxy) is 1. The van der Waals surface area contributed by atoms with E-state index in [1.165, 1.54) is 4.90 Å². The summed E-state index contributed by atoms with van der Waals surface area (Å²) in [6.07, 6.45) is 0.941. The molecule has 7 nitrogen and oxygen atoms in total. The Balaban J connectivity index is 1.60. The Bertz CT molecular complexity index is 873. The fourth-order valence-corrected chi connectivity index (χ4v) is 3.03. The zero-order valence-corrected chi connectivity index (χ0v) is 17.0. The van der Waals surface area contributed by atoms with Crippen LogP contribution in [0.4, 0.5) is 21.9 Å². The Hall–Kier alpha value is -3.22. The van der Waals surface area contributed by atoms with E-state index in [4.69, 9.17) is 4.74 Å².